The third kappa shape index (κ3) is 2.60. The van der Waals surface area contributed by atoms with Crippen LogP contribution in [-0.4, -0.2) is 0 Å². The predicted octanol–water partition coefficient (Wildman–Crippen LogP) is 4.24. The third-order valence-corrected chi connectivity index (χ3v) is 4.70. The standard InChI is InChI=1S/C19H22FN/c1-13-11-17(20)9-10-18(13)19(2,21)16-8-7-14-5-3-4-6-15(14)12-16/h7-12H,3-6,21H2,1-2H3. The van der Waals surface area contributed by atoms with Crippen molar-refractivity contribution < 1.29 is 4.39 Å². The van der Waals surface area contributed by atoms with Crippen LogP contribution in [0.1, 0.15) is 47.6 Å². The van der Waals surface area contributed by atoms with Crippen molar-refractivity contribution >= 4 is 0 Å². The summed E-state index contributed by atoms with van der Waals surface area (Å²) in [4.78, 5) is 0. The van der Waals surface area contributed by atoms with Gasteiger partial charge in [-0.05, 0) is 79.5 Å². The van der Waals surface area contributed by atoms with Gasteiger partial charge in [0.15, 0.2) is 0 Å². The maximum atomic E-state index is 13.3. The summed E-state index contributed by atoms with van der Waals surface area (Å²) >= 11 is 0. The number of aryl methyl sites for hydroxylation is 3. The lowest BCUT2D eigenvalue weighted by Crippen LogP contribution is -2.35. The SMILES string of the molecule is Cc1cc(F)ccc1C(C)(N)c1ccc2c(c1)CCCC2. The summed E-state index contributed by atoms with van der Waals surface area (Å²) < 4.78 is 13.3. The van der Waals surface area contributed by atoms with E-state index in [0.717, 1.165) is 23.1 Å². The first kappa shape index (κ1) is 14.3. The highest BCUT2D eigenvalue weighted by Crippen LogP contribution is 2.32. The second-order valence-electron chi connectivity index (χ2n) is 6.35. The molecule has 0 spiro atoms. The Hall–Kier alpha value is -1.67. The highest BCUT2D eigenvalue weighted by molar-refractivity contribution is 5.45. The molecule has 2 aromatic carbocycles. The van der Waals surface area contributed by atoms with Crippen molar-refractivity contribution in [1.82, 2.24) is 0 Å². The van der Waals surface area contributed by atoms with Gasteiger partial charge in [0, 0.05) is 0 Å². The molecule has 1 aliphatic carbocycles. The molecule has 0 radical (unpaired) electrons. The Bertz CT molecular complexity index is 673. The Morgan fingerprint density at radius 3 is 2.43 bits per heavy atom. The van der Waals surface area contributed by atoms with Crippen molar-refractivity contribution in [2.45, 2.75) is 45.1 Å². The van der Waals surface area contributed by atoms with Crippen molar-refractivity contribution in [3.63, 3.8) is 0 Å². The molecule has 0 amide bonds. The van der Waals surface area contributed by atoms with Crippen LogP contribution in [0, 0.1) is 12.7 Å². The van der Waals surface area contributed by atoms with Gasteiger partial charge < -0.3 is 5.73 Å². The van der Waals surface area contributed by atoms with E-state index in [2.05, 4.69) is 18.2 Å². The van der Waals surface area contributed by atoms with Gasteiger partial charge >= 0.3 is 0 Å². The lowest BCUT2D eigenvalue weighted by atomic mass is 9.80. The van der Waals surface area contributed by atoms with E-state index in [9.17, 15) is 4.39 Å². The van der Waals surface area contributed by atoms with Crippen LogP contribution >= 0.6 is 0 Å². The molecule has 0 saturated heterocycles. The Morgan fingerprint density at radius 2 is 1.71 bits per heavy atom. The average molecular weight is 283 g/mol. The average Bonchev–Trinajstić information content (AvgIpc) is 2.46. The van der Waals surface area contributed by atoms with Crippen LogP contribution in [0.2, 0.25) is 0 Å². The molecule has 0 heterocycles. The Balaban J connectivity index is 2.05. The third-order valence-electron chi connectivity index (χ3n) is 4.70. The van der Waals surface area contributed by atoms with Crippen molar-refractivity contribution in [1.29, 1.82) is 0 Å². The number of halogens is 1. The summed E-state index contributed by atoms with van der Waals surface area (Å²) in [6.45, 7) is 3.93. The van der Waals surface area contributed by atoms with Crippen LogP contribution in [0.25, 0.3) is 0 Å². The van der Waals surface area contributed by atoms with E-state index in [1.807, 2.05) is 19.9 Å². The molecule has 0 aliphatic heterocycles. The van der Waals surface area contributed by atoms with Gasteiger partial charge in [0.05, 0.1) is 5.54 Å². The molecule has 0 fully saturated rings. The molecule has 1 atom stereocenters. The van der Waals surface area contributed by atoms with E-state index in [1.54, 1.807) is 6.07 Å². The minimum Gasteiger partial charge on any atom is -0.318 e. The lowest BCUT2D eigenvalue weighted by Gasteiger charge is -2.29. The van der Waals surface area contributed by atoms with Crippen molar-refractivity contribution in [3.8, 4) is 0 Å². The molecule has 110 valence electrons. The Labute approximate surface area is 126 Å². The van der Waals surface area contributed by atoms with Crippen LogP contribution in [0.3, 0.4) is 0 Å². The topological polar surface area (TPSA) is 26.0 Å². The van der Waals surface area contributed by atoms with Gasteiger partial charge in [0.25, 0.3) is 0 Å². The highest BCUT2D eigenvalue weighted by atomic mass is 19.1. The van der Waals surface area contributed by atoms with E-state index < -0.39 is 5.54 Å². The molecule has 0 saturated carbocycles. The largest absolute Gasteiger partial charge is 0.318 e. The van der Waals surface area contributed by atoms with E-state index in [4.69, 9.17) is 5.73 Å². The van der Waals surface area contributed by atoms with Crippen LogP contribution in [-0.2, 0) is 18.4 Å². The van der Waals surface area contributed by atoms with Gasteiger partial charge in [-0.1, -0.05) is 24.3 Å². The summed E-state index contributed by atoms with van der Waals surface area (Å²) in [5, 5.41) is 0. The zero-order valence-corrected chi connectivity index (χ0v) is 12.7. The quantitative estimate of drug-likeness (QED) is 0.876. The fraction of sp³-hybridized carbons (Fsp3) is 0.368. The van der Waals surface area contributed by atoms with Crippen molar-refractivity contribution in [2.75, 3.05) is 0 Å². The summed E-state index contributed by atoms with van der Waals surface area (Å²) in [5.41, 5.74) is 11.9. The van der Waals surface area contributed by atoms with E-state index >= 15 is 0 Å². The first-order valence-corrected chi connectivity index (χ1v) is 7.66. The minimum absolute atomic E-state index is 0.211. The number of hydrogen-bond acceptors (Lipinski definition) is 1. The predicted molar refractivity (Wildman–Crippen MR) is 84.9 cm³/mol. The second-order valence-corrected chi connectivity index (χ2v) is 6.35. The van der Waals surface area contributed by atoms with Crippen molar-refractivity contribution in [3.05, 3.63) is 70.0 Å². The van der Waals surface area contributed by atoms with Gasteiger partial charge in [0.1, 0.15) is 5.82 Å². The molecular formula is C19H22FN. The van der Waals surface area contributed by atoms with Gasteiger partial charge in [0.2, 0.25) is 0 Å². The van der Waals surface area contributed by atoms with Gasteiger partial charge in [-0.15, -0.1) is 0 Å². The molecule has 2 heteroatoms. The highest BCUT2D eigenvalue weighted by Gasteiger charge is 2.26. The molecule has 1 nitrogen and oxygen atoms in total. The number of rotatable bonds is 2. The second kappa shape index (κ2) is 5.27. The smallest absolute Gasteiger partial charge is 0.123 e. The zero-order valence-electron chi connectivity index (χ0n) is 12.7. The van der Waals surface area contributed by atoms with Gasteiger partial charge in [-0.3, -0.25) is 0 Å². The molecule has 2 N–H and O–H groups in total. The van der Waals surface area contributed by atoms with E-state index in [-0.39, 0.29) is 5.82 Å². The maximum Gasteiger partial charge on any atom is 0.123 e. The maximum absolute atomic E-state index is 13.3. The Kier molecular flexibility index (Phi) is 3.58. The van der Waals surface area contributed by atoms with E-state index in [1.165, 1.54) is 36.5 Å². The fourth-order valence-electron chi connectivity index (χ4n) is 3.42. The van der Waals surface area contributed by atoms with Crippen LogP contribution < -0.4 is 5.73 Å². The minimum atomic E-state index is -0.593. The monoisotopic (exact) mass is 283 g/mol. The zero-order chi connectivity index (χ0) is 15.0. The van der Waals surface area contributed by atoms with E-state index in [0.29, 0.717) is 0 Å². The summed E-state index contributed by atoms with van der Waals surface area (Å²) in [7, 11) is 0. The van der Waals surface area contributed by atoms with Gasteiger partial charge in [-0.2, -0.15) is 0 Å². The fourth-order valence-corrected chi connectivity index (χ4v) is 3.42. The molecule has 0 aromatic heterocycles. The first-order chi connectivity index (χ1) is 9.98. The number of fused-ring (bicyclic) bond motifs is 1. The molecule has 1 aliphatic rings. The van der Waals surface area contributed by atoms with Crippen LogP contribution in [0.5, 0.6) is 0 Å². The summed E-state index contributed by atoms with van der Waals surface area (Å²) in [6, 6.07) is 11.5. The first-order valence-electron chi connectivity index (χ1n) is 7.66. The number of hydrogen-bond donors (Lipinski definition) is 1. The summed E-state index contributed by atoms with van der Waals surface area (Å²) in [6.07, 6.45) is 4.85. The molecule has 21 heavy (non-hydrogen) atoms. The normalized spacial score (nSPS) is 17.1. The molecule has 2 aromatic rings. The number of nitrogens with two attached hydrogens (primary N) is 1. The van der Waals surface area contributed by atoms with Crippen molar-refractivity contribution in [2.24, 2.45) is 5.73 Å². The number of benzene rings is 2. The lowest BCUT2D eigenvalue weighted by molar-refractivity contribution is 0.585. The molecular weight excluding hydrogens is 261 g/mol. The van der Waals surface area contributed by atoms with Crippen LogP contribution in [0.4, 0.5) is 4.39 Å². The Morgan fingerprint density at radius 1 is 1.00 bits per heavy atom. The van der Waals surface area contributed by atoms with Gasteiger partial charge in [-0.25, -0.2) is 4.39 Å². The molecule has 0 bridgehead atoms. The molecule has 3 rings (SSSR count). The molecule has 1 unspecified atom stereocenters. The van der Waals surface area contributed by atoms with Crippen LogP contribution in [0.15, 0.2) is 36.4 Å². The summed E-state index contributed by atoms with van der Waals surface area (Å²) in [5.74, 6) is -0.211.